The SMILES string of the molecule is CCCC[C@H]1C(=O)O[C@H](C)[C@H](NC(=O)c2cccc(N)c2O)C(=O)O[C@@H](C)[C@@H]1OC(=O)CCC. The summed E-state index contributed by atoms with van der Waals surface area (Å²) in [5, 5.41) is 12.6. The van der Waals surface area contributed by atoms with Crippen LogP contribution >= 0.6 is 0 Å². The summed E-state index contributed by atoms with van der Waals surface area (Å²) in [6.07, 6.45) is -0.514. The van der Waals surface area contributed by atoms with Crippen molar-refractivity contribution in [3.05, 3.63) is 23.8 Å². The minimum absolute atomic E-state index is 0.00621. The normalized spacial score (nSPS) is 25.2. The van der Waals surface area contributed by atoms with Crippen LogP contribution < -0.4 is 11.1 Å². The van der Waals surface area contributed by atoms with Gasteiger partial charge in [-0.3, -0.25) is 14.4 Å². The van der Waals surface area contributed by atoms with Crippen molar-refractivity contribution >= 4 is 29.5 Å². The summed E-state index contributed by atoms with van der Waals surface area (Å²) in [5.41, 5.74) is 5.50. The number of phenols is 1. The van der Waals surface area contributed by atoms with Crippen molar-refractivity contribution in [3.8, 4) is 5.75 Å². The number of amides is 1. The van der Waals surface area contributed by atoms with E-state index < -0.39 is 59.8 Å². The number of carbonyl (C=O) groups excluding carboxylic acids is 4. The molecular weight excluding hydrogens is 444 g/mol. The zero-order valence-corrected chi connectivity index (χ0v) is 20.0. The molecule has 1 aliphatic heterocycles. The number of carbonyl (C=O) groups is 4. The molecule has 5 atom stereocenters. The Morgan fingerprint density at radius 3 is 2.41 bits per heavy atom. The molecule has 4 N–H and O–H groups in total. The van der Waals surface area contributed by atoms with Gasteiger partial charge in [0.05, 0.1) is 17.2 Å². The lowest BCUT2D eigenvalue weighted by Crippen LogP contribution is -2.50. The van der Waals surface area contributed by atoms with Gasteiger partial charge in [0.25, 0.3) is 5.91 Å². The van der Waals surface area contributed by atoms with Crippen molar-refractivity contribution in [2.24, 2.45) is 5.92 Å². The van der Waals surface area contributed by atoms with Crippen molar-refractivity contribution in [2.75, 3.05) is 5.73 Å². The molecule has 1 aromatic carbocycles. The van der Waals surface area contributed by atoms with E-state index in [1.165, 1.54) is 32.0 Å². The molecule has 34 heavy (non-hydrogen) atoms. The number of para-hydroxylation sites is 1. The lowest BCUT2D eigenvalue weighted by atomic mass is 9.92. The average Bonchev–Trinajstić information content (AvgIpc) is 2.80. The third kappa shape index (κ3) is 6.61. The molecule has 1 fully saturated rings. The Balaban J connectivity index is 2.33. The molecule has 0 aliphatic carbocycles. The molecule has 1 heterocycles. The second-order valence-electron chi connectivity index (χ2n) is 8.43. The molecule has 1 aromatic rings. The van der Waals surface area contributed by atoms with Crippen molar-refractivity contribution < 1.29 is 38.5 Å². The first-order valence-electron chi connectivity index (χ1n) is 11.6. The fourth-order valence-corrected chi connectivity index (χ4v) is 3.75. The molecule has 0 radical (unpaired) electrons. The lowest BCUT2D eigenvalue weighted by molar-refractivity contribution is -0.175. The first-order chi connectivity index (χ1) is 16.1. The molecular formula is C24H34N2O8. The van der Waals surface area contributed by atoms with Crippen molar-refractivity contribution in [2.45, 2.75) is 84.2 Å². The second kappa shape index (κ2) is 12.2. The van der Waals surface area contributed by atoms with Gasteiger partial charge in [0.1, 0.15) is 12.2 Å². The van der Waals surface area contributed by atoms with Crippen LogP contribution in [0.2, 0.25) is 0 Å². The van der Waals surface area contributed by atoms with Crippen LogP contribution in [0.1, 0.15) is 70.2 Å². The predicted molar refractivity (Wildman–Crippen MR) is 123 cm³/mol. The molecule has 0 bridgehead atoms. The third-order valence-electron chi connectivity index (χ3n) is 5.68. The molecule has 10 heteroatoms. The van der Waals surface area contributed by atoms with Crippen LogP contribution in [0, 0.1) is 5.92 Å². The maximum Gasteiger partial charge on any atom is 0.332 e. The van der Waals surface area contributed by atoms with Crippen molar-refractivity contribution in [1.29, 1.82) is 0 Å². The molecule has 188 valence electrons. The molecule has 0 aromatic heterocycles. The number of benzene rings is 1. The van der Waals surface area contributed by atoms with Crippen molar-refractivity contribution in [1.82, 2.24) is 5.32 Å². The summed E-state index contributed by atoms with van der Waals surface area (Å²) in [6.45, 7) is 6.77. The number of ether oxygens (including phenoxy) is 3. The average molecular weight is 479 g/mol. The van der Waals surface area contributed by atoms with E-state index in [4.69, 9.17) is 19.9 Å². The number of esters is 3. The minimum Gasteiger partial charge on any atom is -0.505 e. The van der Waals surface area contributed by atoms with Gasteiger partial charge in [-0.25, -0.2) is 4.79 Å². The Morgan fingerprint density at radius 1 is 1.09 bits per heavy atom. The Morgan fingerprint density at radius 2 is 1.76 bits per heavy atom. The van der Waals surface area contributed by atoms with Gasteiger partial charge in [0, 0.05) is 6.42 Å². The Labute approximate surface area is 199 Å². The molecule has 1 amide bonds. The van der Waals surface area contributed by atoms with Crippen LogP contribution in [0.4, 0.5) is 5.69 Å². The van der Waals surface area contributed by atoms with Gasteiger partial charge in [-0.05, 0) is 38.8 Å². The number of hydrogen-bond donors (Lipinski definition) is 3. The molecule has 0 spiro atoms. The minimum atomic E-state index is -1.36. The van der Waals surface area contributed by atoms with Crippen LogP contribution in [-0.4, -0.2) is 53.3 Å². The fourth-order valence-electron chi connectivity index (χ4n) is 3.75. The fraction of sp³-hybridized carbons (Fsp3) is 0.583. The van der Waals surface area contributed by atoms with E-state index >= 15 is 0 Å². The largest absolute Gasteiger partial charge is 0.505 e. The van der Waals surface area contributed by atoms with Crippen LogP contribution in [0.3, 0.4) is 0 Å². The van der Waals surface area contributed by atoms with Crippen LogP contribution in [-0.2, 0) is 28.6 Å². The molecule has 0 saturated carbocycles. The number of anilines is 1. The van der Waals surface area contributed by atoms with Crippen LogP contribution in [0.5, 0.6) is 5.75 Å². The molecule has 0 unspecified atom stereocenters. The summed E-state index contributed by atoms with van der Waals surface area (Å²) in [7, 11) is 0. The number of nitrogens with one attached hydrogen (secondary N) is 1. The molecule has 10 nitrogen and oxygen atoms in total. The summed E-state index contributed by atoms with van der Waals surface area (Å²) in [6, 6.07) is 2.87. The summed E-state index contributed by atoms with van der Waals surface area (Å²) in [5.74, 6) is -4.08. The summed E-state index contributed by atoms with van der Waals surface area (Å²) >= 11 is 0. The van der Waals surface area contributed by atoms with E-state index in [0.29, 0.717) is 19.3 Å². The number of nitrogens with two attached hydrogens (primary N) is 1. The van der Waals surface area contributed by atoms with Gasteiger partial charge in [-0.15, -0.1) is 0 Å². The van der Waals surface area contributed by atoms with Crippen LogP contribution in [0.15, 0.2) is 18.2 Å². The van der Waals surface area contributed by atoms with E-state index in [1.807, 2.05) is 13.8 Å². The Bertz CT molecular complexity index is 903. The zero-order chi connectivity index (χ0) is 25.4. The summed E-state index contributed by atoms with van der Waals surface area (Å²) < 4.78 is 16.6. The smallest absolute Gasteiger partial charge is 0.332 e. The third-order valence-corrected chi connectivity index (χ3v) is 5.68. The van der Waals surface area contributed by atoms with Gasteiger partial charge in [-0.2, -0.15) is 0 Å². The Kier molecular flexibility index (Phi) is 9.70. The van der Waals surface area contributed by atoms with E-state index in [9.17, 15) is 24.3 Å². The van der Waals surface area contributed by atoms with E-state index in [-0.39, 0.29) is 17.7 Å². The number of unbranched alkanes of at least 4 members (excludes halogenated alkanes) is 1. The first-order valence-corrected chi connectivity index (χ1v) is 11.6. The van der Waals surface area contributed by atoms with E-state index in [0.717, 1.165) is 6.42 Å². The van der Waals surface area contributed by atoms with Gasteiger partial charge in [-0.1, -0.05) is 32.8 Å². The number of aromatic hydroxyl groups is 1. The quantitative estimate of drug-likeness (QED) is 0.221. The summed E-state index contributed by atoms with van der Waals surface area (Å²) in [4.78, 5) is 51.1. The zero-order valence-electron chi connectivity index (χ0n) is 20.0. The monoisotopic (exact) mass is 478 g/mol. The Hall–Kier alpha value is -3.30. The highest BCUT2D eigenvalue weighted by Crippen LogP contribution is 2.27. The van der Waals surface area contributed by atoms with Crippen LogP contribution in [0.25, 0.3) is 0 Å². The van der Waals surface area contributed by atoms with E-state index in [2.05, 4.69) is 5.32 Å². The van der Waals surface area contributed by atoms with E-state index in [1.54, 1.807) is 0 Å². The first kappa shape index (κ1) is 26.9. The highest BCUT2D eigenvalue weighted by atomic mass is 16.6. The highest BCUT2D eigenvalue weighted by Gasteiger charge is 2.43. The number of cyclic esters (lactones) is 2. The van der Waals surface area contributed by atoms with Gasteiger partial charge in [0.2, 0.25) is 0 Å². The second-order valence-corrected chi connectivity index (χ2v) is 8.43. The molecule has 2 rings (SSSR count). The van der Waals surface area contributed by atoms with Crippen molar-refractivity contribution in [3.63, 3.8) is 0 Å². The maximum absolute atomic E-state index is 13.1. The number of nitrogen functional groups attached to an aromatic ring is 1. The number of hydrogen-bond acceptors (Lipinski definition) is 9. The van der Waals surface area contributed by atoms with Gasteiger partial charge >= 0.3 is 17.9 Å². The molecule has 1 saturated heterocycles. The number of rotatable bonds is 8. The number of phenolic OH excluding ortho intramolecular Hbond substituents is 1. The van der Waals surface area contributed by atoms with Gasteiger partial charge < -0.3 is 30.4 Å². The predicted octanol–water partition coefficient (Wildman–Crippen LogP) is 2.47. The standard InChI is InChI=1S/C24H34N2O8/c1-5-7-10-16-21(34-18(27)9-6-2)14(4)33-24(31)19(13(3)32-23(16)30)26-22(29)15-11-8-12-17(25)20(15)28/h8,11-14,16,19,21,28H,5-7,9-10,25H2,1-4H3,(H,26,29)/t13-,14+,16-,19+,21+/m1/s1. The maximum atomic E-state index is 13.1. The van der Waals surface area contributed by atoms with Gasteiger partial charge in [0.15, 0.2) is 17.9 Å². The molecule has 1 aliphatic rings. The lowest BCUT2D eigenvalue weighted by Gasteiger charge is -2.29. The highest BCUT2D eigenvalue weighted by molar-refractivity contribution is 6.00. The topological polar surface area (TPSA) is 154 Å².